The second-order valence-electron chi connectivity index (χ2n) is 15.0. The Bertz CT molecular complexity index is 771. The molecule has 1 amide bonds. The molecule has 0 saturated heterocycles. The summed E-state index contributed by atoms with van der Waals surface area (Å²) in [5.74, 6) is 7.57. The van der Waals surface area contributed by atoms with Crippen molar-refractivity contribution in [2.75, 3.05) is 6.54 Å². The summed E-state index contributed by atoms with van der Waals surface area (Å²) in [5, 5.41) is 3.04. The summed E-state index contributed by atoms with van der Waals surface area (Å²) in [6.45, 7) is 19.2. The molecule has 0 aromatic heterocycles. The summed E-state index contributed by atoms with van der Waals surface area (Å²) < 4.78 is 0. The van der Waals surface area contributed by atoms with E-state index in [1.165, 1.54) is 83.5 Å². The van der Waals surface area contributed by atoms with E-state index in [1.807, 2.05) is 0 Å². The van der Waals surface area contributed by atoms with Gasteiger partial charge in [0.25, 0.3) is 0 Å². The van der Waals surface area contributed by atoms with Gasteiger partial charge in [-0.15, -0.1) is 0 Å². The average molecular weight is 498 g/mol. The van der Waals surface area contributed by atoms with Gasteiger partial charge in [0.2, 0.25) is 5.91 Å². The zero-order valence-corrected chi connectivity index (χ0v) is 24.8. The molecule has 4 rings (SSSR count). The van der Waals surface area contributed by atoms with Crippen LogP contribution in [0.2, 0.25) is 0 Å². The molecule has 0 bridgehead atoms. The van der Waals surface area contributed by atoms with Crippen LogP contribution in [0, 0.1) is 58.2 Å². The lowest BCUT2D eigenvalue weighted by atomic mass is 9.44. The van der Waals surface area contributed by atoms with E-state index in [0.29, 0.717) is 16.4 Å². The normalized spacial score (nSPS) is 40.8. The highest BCUT2D eigenvalue weighted by Gasteiger charge is 2.60. The molecule has 0 aromatic carbocycles. The monoisotopic (exact) mass is 497 g/mol. The van der Waals surface area contributed by atoms with E-state index >= 15 is 0 Å². The number of hydrogen-bond donors (Lipinski definition) is 1. The Morgan fingerprint density at radius 2 is 1.64 bits per heavy atom. The molecule has 0 aliphatic heterocycles. The zero-order valence-electron chi connectivity index (χ0n) is 24.8. The van der Waals surface area contributed by atoms with Crippen molar-refractivity contribution < 1.29 is 4.79 Å². The summed E-state index contributed by atoms with van der Waals surface area (Å²) in [4.78, 5) is 11.8. The van der Waals surface area contributed by atoms with Crippen LogP contribution in [0.25, 0.3) is 0 Å². The Labute approximate surface area is 224 Å². The zero-order chi connectivity index (χ0) is 26.1. The van der Waals surface area contributed by atoms with Gasteiger partial charge in [-0.05, 0) is 136 Å². The summed E-state index contributed by atoms with van der Waals surface area (Å²) >= 11 is 0. The van der Waals surface area contributed by atoms with Crippen molar-refractivity contribution in [1.29, 1.82) is 0 Å². The van der Waals surface area contributed by atoms with Gasteiger partial charge < -0.3 is 5.32 Å². The van der Waals surface area contributed by atoms with Crippen LogP contribution in [0.5, 0.6) is 0 Å². The maximum absolute atomic E-state index is 11.8. The molecule has 1 N–H and O–H groups in total. The standard InChI is InChI=1S/C34H59NO/c1-23(2)10-8-11-25(5)29-15-16-30-28-14-13-27-22-26(12-9-21-35-32(36)24(3)4)17-19-33(27,6)31(28)18-20-34(29,30)7/h23,25-31H,3,8-22H2,1-2,4-7H3,(H,35,36)/t25-,26+,27+,28+,29-,30+,31+,33+,34-/m1/s1. The number of nitrogens with one attached hydrogen (secondary N) is 1. The predicted molar refractivity (Wildman–Crippen MR) is 154 cm³/mol. The van der Waals surface area contributed by atoms with Gasteiger partial charge >= 0.3 is 0 Å². The Morgan fingerprint density at radius 1 is 0.917 bits per heavy atom. The second-order valence-corrected chi connectivity index (χ2v) is 15.0. The minimum atomic E-state index is 0.0212. The fraction of sp³-hybridized carbons (Fsp3) is 0.912. The van der Waals surface area contributed by atoms with Crippen LogP contribution < -0.4 is 5.32 Å². The number of hydrogen-bond acceptors (Lipinski definition) is 1. The van der Waals surface area contributed by atoms with Crippen molar-refractivity contribution in [2.45, 2.75) is 131 Å². The van der Waals surface area contributed by atoms with Crippen molar-refractivity contribution in [3.8, 4) is 0 Å². The van der Waals surface area contributed by atoms with Gasteiger partial charge in [-0.3, -0.25) is 4.79 Å². The Hall–Kier alpha value is -0.790. The molecular formula is C34H59NO. The molecule has 9 atom stereocenters. The van der Waals surface area contributed by atoms with Crippen LogP contribution >= 0.6 is 0 Å². The van der Waals surface area contributed by atoms with Gasteiger partial charge in [0.05, 0.1) is 0 Å². The molecule has 4 fully saturated rings. The van der Waals surface area contributed by atoms with Crippen molar-refractivity contribution in [3.05, 3.63) is 12.2 Å². The molecule has 0 spiro atoms. The van der Waals surface area contributed by atoms with Crippen molar-refractivity contribution in [2.24, 2.45) is 58.2 Å². The third kappa shape index (κ3) is 5.63. The molecule has 4 aliphatic rings. The summed E-state index contributed by atoms with van der Waals surface area (Å²) in [6, 6.07) is 0. The largest absolute Gasteiger partial charge is 0.352 e. The lowest BCUT2D eigenvalue weighted by Gasteiger charge is -2.61. The molecule has 0 radical (unpaired) electrons. The number of fused-ring (bicyclic) bond motifs is 5. The lowest BCUT2D eigenvalue weighted by Crippen LogP contribution is -2.53. The molecule has 2 nitrogen and oxygen atoms in total. The summed E-state index contributed by atoms with van der Waals surface area (Å²) in [6.07, 6.45) is 20.1. The minimum Gasteiger partial charge on any atom is -0.352 e. The van der Waals surface area contributed by atoms with Crippen LogP contribution in [0.3, 0.4) is 0 Å². The quantitative estimate of drug-likeness (QED) is 0.236. The summed E-state index contributed by atoms with van der Waals surface area (Å²) in [5.41, 5.74) is 1.83. The van der Waals surface area contributed by atoms with Crippen molar-refractivity contribution in [3.63, 3.8) is 0 Å². The number of amides is 1. The second kappa shape index (κ2) is 11.5. The first-order chi connectivity index (χ1) is 17.1. The molecule has 4 aliphatic carbocycles. The SMILES string of the molecule is C=C(C)C(=O)NCCC[C@H]1CC[C@@]2(C)[C@@H](CC[C@@H]3[C@@H]2CC[C@]2(C)[C@@H]([C@H](C)CCCC(C)C)CC[C@@H]32)C1. The van der Waals surface area contributed by atoms with Crippen molar-refractivity contribution >= 4 is 5.91 Å². The van der Waals surface area contributed by atoms with E-state index in [0.717, 1.165) is 60.3 Å². The van der Waals surface area contributed by atoms with E-state index in [9.17, 15) is 4.79 Å². The maximum atomic E-state index is 11.8. The smallest absolute Gasteiger partial charge is 0.246 e. The third-order valence-electron chi connectivity index (χ3n) is 12.4. The summed E-state index contributed by atoms with van der Waals surface area (Å²) in [7, 11) is 0. The Balaban J connectivity index is 1.32. The molecule has 0 heterocycles. The minimum absolute atomic E-state index is 0.0212. The van der Waals surface area contributed by atoms with Gasteiger partial charge in [0.15, 0.2) is 0 Å². The van der Waals surface area contributed by atoms with Gasteiger partial charge in [-0.1, -0.05) is 60.5 Å². The molecule has 206 valence electrons. The van der Waals surface area contributed by atoms with E-state index in [-0.39, 0.29) is 5.91 Å². The van der Waals surface area contributed by atoms with E-state index in [1.54, 1.807) is 6.92 Å². The van der Waals surface area contributed by atoms with E-state index < -0.39 is 0 Å². The predicted octanol–water partition coefficient (Wildman–Crippen LogP) is 9.20. The van der Waals surface area contributed by atoms with Crippen LogP contribution in [0.1, 0.15) is 131 Å². The fourth-order valence-corrected chi connectivity index (χ4v) is 10.4. The van der Waals surface area contributed by atoms with Crippen LogP contribution in [-0.2, 0) is 4.79 Å². The van der Waals surface area contributed by atoms with Crippen LogP contribution in [0.15, 0.2) is 12.2 Å². The first kappa shape index (κ1) is 28.2. The van der Waals surface area contributed by atoms with Gasteiger partial charge in [0.1, 0.15) is 0 Å². The highest BCUT2D eigenvalue weighted by atomic mass is 16.1. The molecule has 0 aromatic rings. The highest BCUT2D eigenvalue weighted by molar-refractivity contribution is 5.91. The fourth-order valence-electron chi connectivity index (χ4n) is 10.4. The first-order valence-electron chi connectivity index (χ1n) is 16.0. The van der Waals surface area contributed by atoms with Crippen LogP contribution in [0.4, 0.5) is 0 Å². The molecular weight excluding hydrogens is 438 g/mol. The average Bonchev–Trinajstić information content (AvgIpc) is 3.18. The van der Waals surface area contributed by atoms with E-state index in [4.69, 9.17) is 0 Å². The number of rotatable bonds is 10. The Kier molecular flexibility index (Phi) is 9.04. The number of carbonyl (C=O) groups is 1. The maximum Gasteiger partial charge on any atom is 0.246 e. The molecule has 4 saturated carbocycles. The third-order valence-corrected chi connectivity index (χ3v) is 12.4. The van der Waals surface area contributed by atoms with E-state index in [2.05, 4.69) is 46.5 Å². The first-order valence-corrected chi connectivity index (χ1v) is 16.0. The molecule has 2 heteroatoms. The van der Waals surface area contributed by atoms with Crippen LogP contribution in [-0.4, -0.2) is 12.5 Å². The van der Waals surface area contributed by atoms with Gasteiger partial charge in [-0.2, -0.15) is 0 Å². The number of carbonyl (C=O) groups excluding carboxylic acids is 1. The lowest BCUT2D eigenvalue weighted by molar-refractivity contribution is -0.121. The van der Waals surface area contributed by atoms with Crippen molar-refractivity contribution in [1.82, 2.24) is 5.32 Å². The highest BCUT2D eigenvalue weighted by Crippen LogP contribution is 2.68. The van der Waals surface area contributed by atoms with Gasteiger partial charge in [0, 0.05) is 12.1 Å². The van der Waals surface area contributed by atoms with Gasteiger partial charge in [-0.25, -0.2) is 0 Å². The molecule has 36 heavy (non-hydrogen) atoms. The Morgan fingerprint density at radius 3 is 2.36 bits per heavy atom. The molecule has 0 unspecified atom stereocenters. The topological polar surface area (TPSA) is 29.1 Å².